The molecule has 0 unspecified atom stereocenters. The summed E-state index contributed by atoms with van der Waals surface area (Å²) in [5.41, 5.74) is 4.46. The number of rotatable bonds is 6. The second-order valence-electron chi connectivity index (χ2n) is 8.55. The molecule has 0 saturated carbocycles. The third-order valence-electron chi connectivity index (χ3n) is 6.34. The van der Waals surface area contributed by atoms with E-state index in [1.54, 1.807) is 38.5 Å². The lowest BCUT2D eigenvalue weighted by molar-refractivity contribution is 0.101. The van der Waals surface area contributed by atoms with Gasteiger partial charge in [0.25, 0.3) is 0 Å². The normalized spacial score (nSPS) is 16.6. The second kappa shape index (κ2) is 9.98. The summed E-state index contributed by atoms with van der Waals surface area (Å²) in [7, 11) is 3.17. The Bertz CT molecular complexity index is 1310. The van der Waals surface area contributed by atoms with Crippen LogP contribution in [-0.2, 0) is 6.54 Å². The highest BCUT2D eigenvalue weighted by Crippen LogP contribution is 2.49. The number of Topliss-reactive ketones (excluding diaryl/α,β-unsaturated/α-hetero) is 1. The molecule has 2 aliphatic heterocycles. The van der Waals surface area contributed by atoms with Crippen LogP contribution in [0.1, 0.15) is 33.5 Å². The minimum atomic E-state index is -0.210. The summed E-state index contributed by atoms with van der Waals surface area (Å²) in [6.07, 6.45) is 4.74. The molecule has 0 fully saturated rings. The molecule has 0 saturated heterocycles. The lowest BCUT2D eigenvalue weighted by Crippen LogP contribution is -2.28. The number of benzene rings is 3. The van der Waals surface area contributed by atoms with Gasteiger partial charge in [0.15, 0.2) is 11.5 Å². The highest BCUT2D eigenvalue weighted by molar-refractivity contribution is 6.30. The van der Waals surface area contributed by atoms with Crippen molar-refractivity contribution in [3.63, 3.8) is 0 Å². The minimum Gasteiger partial charge on any atom is -0.496 e. The van der Waals surface area contributed by atoms with Crippen LogP contribution in [0.5, 0.6) is 17.2 Å². The van der Waals surface area contributed by atoms with E-state index >= 15 is 0 Å². The van der Waals surface area contributed by atoms with Gasteiger partial charge in [-0.25, -0.2) is 0 Å². The molecule has 0 amide bonds. The van der Waals surface area contributed by atoms with Gasteiger partial charge in [0, 0.05) is 30.7 Å². The molecule has 0 radical (unpaired) electrons. The topological polar surface area (TPSA) is 48.0 Å². The number of fused-ring (bicyclic) bond motifs is 1. The molecule has 0 atom stereocenters. The number of ether oxygens (including phenoxy) is 3. The summed E-state index contributed by atoms with van der Waals surface area (Å²) in [5.74, 6) is 1.60. The van der Waals surface area contributed by atoms with E-state index in [-0.39, 0.29) is 11.5 Å². The van der Waals surface area contributed by atoms with Crippen LogP contribution in [-0.4, -0.2) is 38.0 Å². The number of hydrogen-bond donors (Lipinski definition) is 0. The molecular weight excluding hydrogens is 462 g/mol. The van der Waals surface area contributed by atoms with Crippen LogP contribution in [0.3, 0.4) is 0 Å². The van der Waals surface area contributed by atoms with Crippen LogP contribution in [0.4, 0.5) is 0 Å². The van der Waals surface area contributed by atoms with Crippen LogP contribution in [0.15, 0.2) is 72.5 Å². The number of halogens is 1. The molecule has 3 aromatic rings. The molecule has 2 aliphatic rings. The Balaban J connectivity index is 1.49. The van der Waals surface area contributed by atoms with Crippen molar-refractivity contribution in [3.05, 3.63) is 99.8 Å². The van der Waals surface area contributed by atoms with Crippen molar-refractivity contribution in [2.45, 2.75) is 13.0 Å². The van der Waals surface area contributed by atoms with E-state index in [0.29, 0.717) is 27.8 Å². The van der Waals surface area contributed by atoms with E-state index in [1.807, 2.05) is 18.2 Å². The first kappa shape index (κ1) is 23.2. The summed E-state index contributed by atoms with van der Waals surface area (Å²) >= 11 is 6.01. The molecule has 178 valence electrons. The number of carbonyl (C=O) groups excluding carboxylic acids is 1. The number of ketones is 1. The van der Waals surface area contributed by atoms with Crippen molar-refractivity contribution in [1.29, 1.82) is 0 Å². The van der Waals surface area contributed by atoms with Crippen molar-refractivity contribution in [2.24, 2.45) is 0 Å². The quantitative estimate of drug-likeness (QED) is 0.384. The lowest BCUT2D eigenvalue weighted by atomic mass is 9.94. The second-order valence-corrected chi connectivity index (χ2v) is 8.99. The van der Waals surface area contributed by atoms with E-state index in [4.69, 9.17) is 25.8 Å². The zero-order chi connectivity index (χ0) is 24.4. The first-order valence-corrected chi connectivity index (χ1v) is 11.9. The summed E-state index contributed by atoms with van der Waals surface area (Å²) in [6.45, 7) is 2.59. The standard InChI is InChI=1S/C29H26ClNO4/c1-33-23-17-24(34-2)27-28(32)25(16-19-8-10-22(30)11-9-19)35-29(27)26(23)21-12-14-31(15-13-21)18-20-6-4-3-5-7-20/h3-12,16-17H,13-15,18H2,1-2H3. The van der Waals surface area contributed by atoms with Crippen LogP contribution in [0.2, 0.25) is 5.02 Å². The number of nitrogens with zero attached hydrogens (tertiary/aromatic N) is 1. The molecule has 6 heteroatoms. The first-order valence-electron chi connectivity index (χ1n) is 11.5. The zero-order valence-corrected chi connectivity index (χ0v) is 20.5. The molecule has 2 heterocycles. The summed E-state index contributed by atoms with van der Waals surface area (Å²) < 4.78 is 17.5. The zero-order valence-electron chi connectivity index (χ0n) is 19.7. The van der Waals surface area contributed by atoms with Gasteiger partial charge in [-0.15, -0.1) is 0 Å². The summed E-state index contributed by atoms with van der Waals surface area (Å²) in [4.78, 5) is 15.8. The molecule has 5 rings (SSSR count). The number of carbonyl (C=O) groups is 1. The molecule has 35 heavy (non-hydrogen) atoms. The fraction of sp³-hybridized carbons (Fsp3) is 0.207. The molecule has 0 N–H and O–H groups in total. The monoisotopic (exact) mass is 487 g/mol. The van der Waals surface area contributed by atoms with Crippen LogP contribution in [0, 0.1) is 0 Å². The molecule has 5 nitrogen and oxygen atoms in total. The third-order valence-corrected chi connectivity index (χ3v) is 6.59. The van der Waals surface area contributed by atoms with Crippen LogP contribution >= 0.6 is 11.6 Å². The van der Waals surface area contributed by atoms with Crippen molar-refractivity contribution in [1.82, 2.24) is 4.90 Å². The Labute approximate surface area is 210 Å². The van der Waals surface area contributed by atoms with Gasteiger partial charge in [-0.2, -0.15) is 0 Å². The van der Waals surface area contributed by atoms with Crippen LogP contribution in [0.25, 0.3) is 11.6 Å². The fourth-order valence-corrected chi connectivity index (χ4v) is 4.69. The SMILES string of the molecule is COc1cc(OC)c(C2=CCN(Cc3ccccc3)CC2)c2c1C(=O)C(=Cc1ccc(Cl)cc1)O2. The Morgan fingerprint density at radius 1 is 1.00 bits per heavy atom. The van der Waals surface area contributed by atoms with E-state index in [1.165, 1.54) is 5.56 Å². The highest BCUT2D eigenvalue weighted by atomic mass is 35.5. The molecule has 3 aromatic carbocycles. The maximum absolute atomic E-state index is 13.4. The van der Waals surface area contributed by atoms with Gasteiger partial charge in [-0.1, -0.05) is 60.1 Å². The largest absolute Gasteiger partial charge is 0.496 e. The molecule has 0 bridgehead atoms. The van der Waals surface area contributed by atoms with E-state index in [9.17, 15) is 4.79 Å². The smallest absolute Gasteiger partial charge is 0.235 e. The highest BCUT2D eigenvalue weighted by Gasteiger charge is 2.36. The average Bonchev–Trinajstić information content (AvgIpc) is 3.21. The Morgan fingerprint density at radius 3 is 2.37 bits per heavy atom. The molecular formula is C29H26ClNO4. The van der Waals surface area contributed by atoms with Gasteiger partial charge >= 0.3 is 0 Å². The van der Waals surface area contributed by atoms with Gasteiger partial charge < -0.3 is 14.2 Å². The molecule has 0 spiro atoms. The number of methoxy groups -OCH3 is 2. The van der Waals surface area contributed by atoms with Crippen molar-refractivity contribution in [3.8, 4) is 17.2 Å². The number of allylic oxidation sites excluding steroid dienone is 1. The Morgan fingerprint density at radius 2 is 1.71 bits per heavy atom. The van der Waals surface area contributed by atoms with Gasteiger partial charge in [0.1, 0.15) is 17.1 Å². The van der Waals surface area contributed by atoms with E-state index in [2.05, 4.69) is 35.2 Å². The minimum absolute atomic E-state index is 0.210. The average molecular weight is 488 g/mol. The van der Waals surface area contributed by atoms with Gasteiger partial charge in [0.05, 0.1) is 19.8 Å². The Hall–Kier alpha value is -3.54. The summed E-state index contributed by atoms with van der Waals surface area (Å²) in [6, 6.07) is 19.5. The van der Waals surface area contributed by atoms with Crippen molar-refractivity contribution in [2.75, 3.05) is 27.3 Å². The lowest BCUT2D eigenvalue weighted by Gasteiger charge is -2.27. The van der Waals surface area contributed by atoms with Crippen molar-refractivity contribution < 1.29 is 19.0 Å². The van der Waals surface area contributed by atoms with Gasteiger partial charge in [-0.05, 0) is 41.3 Å². The van der Waals surface area contributed by atoms with E-state index < -0.39 is 0 Å². The van der Waals surface area contributed by atoms with E-state index in [0.717, 1.165) is 42.8 Å². The van der Waals surface area contributed by atoms with Gasteiger partial charge in [0.2, 0.25) is 5.78 Å². The number of hydrogen-bond acceptors (Lipinski definition) is 5. The third kappa shape index (κ3) is 4.70. The maximum atomic E-state index is 13.4. The predicted molar refractivity (Wildman–Crippen MR) is 138 cm³/mol. The maximum Gasteiger partial charge on any atom is 0.235 e. The fourth-order valence-electron chi connectivity index (χ4n) is 4.56. The van der Waals surface area contributed by atoms with Gasteiger partial charge in [-0.3, -0.25) is 9.69 Å². The molecule has 0 aliphatic carbocycles. The summed E-state index contributed by atoms with van der Waals surface area (Å²) in [5, 5.41) is 0.633. The predicted octanol–water partition coefficient (Wildman–Crippen LogP) is 6.26. The Kier molecular flexibility index (Phi) is 6.62. The van der Waals surface area contributed by atoms with Crippen molar-refractivity contribution >= 4 is 29.0 Å². The first-order chi connectivity index (χ1) is 17.1. The molecule has 0 aromatic heterocycles. The van der Waals surface area contributed by atoms with Crippen LogP contribution < -0.4 is 14.2 Å².